The Balaban J connectivity index is 2.80. The predicted octanol–water partition coefficient (Wildman–Crippen LogP) is 2.49. The SMILES string of the molecule is C=CCOc1ccc(C=CCNC)cc1OC. The normalized spacial score (nSPS) is 10.5. The molecular weight excluding hydrogens is 214 g/mol. The van der Waals surface area contributed by atoms with E-state index in [9.17, 15) is 0 Å². The molecule has 0 amide bonds. The minimum absolute atomic E-state index is 0.477. The van der Waals surface area contributed by atoms with Crippen molar-refractivity contribution in [2.45, 2.75) is 0 Å². The summed E-state index contributed by atoms with van der Waals surface area (Å²) in [6, 6.07) is 5.85. The molecular formula is C14H19NO2. The standard InChI is InChI=1S/C14H19NO2/c1-4-10-17-13-8-7-12(6-5-9-15-2)11-14(13)16-3/h4-8,11,15H,1,9-10H2,2-3H3. The monoisotopic (exact) mass is 233 g/mol. The molecule has 1 rings (SSSR count). The van der Waals surface area contributed by atoms with Crippen molar-refractivity contribution in [1.29, 1.82) is 0 Å². The maximum Gasteiger partial charge on any atom is 0.161 e. The van der Waals surface area contributed by atoms with E-state index in [-0.39, 0.29) is 0 Å². The molecule has 0 atom stereocenters. The molecule has 0 aliphatic carbocycles. The summed E-state index contributed by atoms with van der Waals surface area (Å²) in [5.74, 6) is 1.47. The summed E-state index contributed by atoms with van der Waals surface area (Å²) in [4.78, 5) is 0. The van der Waals surface area contributed by atoms with Gasteiger partial charge in [-0.25, -0.2) is 0 Å². The van der Waals surface area contributed by atoms with Crippen molar-refractivity contribution in [3.05, 3.63) is 42.5 Å². The first-order valence-electron chi connectivity index (χ1n) is 5.54. The number of hydrogen-bond acceptors (Lipinski definition) is 3. The number of nitrogens with one attached hydrogen (secondary N) is 1. The molecule has 3 heteroatoms. The second-order valence-electron chi connectivity index (χ2n) is 3.47. The van der Waals surface area contributed by atoms with Crippen LogP contribution in [0.3, 0.4) is 0 Å². The van der Waals surface area contributed by atoms with E-state index in [0.29, 0.717) is 6.61 Å². The average Bonchev–Trinajstić information content (AvgIpc) is 2.37. The topological polar surface area (TPSA) is 30.5 Å². The molecule has 1 aromatic rings. The molecule has 3 nitrogen and oxygen atoms in total. The van der Waals surface area contributed by atoms with Gasteiger partial charge >= 0.3 is 0 Å². The minimum Gasteiger partial charge on any atom is -0.493 e. The molecule has 0 aliphatic rings. The highest BCUT2D eigenvalue weighted by atomic mass is 16.5. The Hall–Kier alpha value is -1.74. The van der Waals surface area contributed by atoms with E-state index in [1.807, 2.05) is 31.3 Å². The minimum atomic E-state index is 0.477. The predicted molar refractivity (Wildman–Crippen MR) is 71.6 cm³/mol. The van der Waals surface area contributed by atoms with Crippen LogP contribution < -0.4 is 14.8 Å². The third-order valence-electron chi connectivity index (χ3n) is 2.18. The molecule has 1 N–H and O–H groups in total. The highest BCUT2D eigenvalue weighted by Gasteiger charge is 2.03. The number of benzene rings is 1. The highest BCUT2D eigenvalue weighted by Crippen LogP contribution is 2.28. The quantitative estimate of drug-likeness (QED) is 0.734. The molecule has 1 aromatic carbocycles. The van der Waals surface area contributed by atoms with E-state index < -0.39 is 0 Å². The molecule has 0 spiro atoms. The lowest BCUT2D eigenvalue weighted by Gasteiger charge is -2.09. The second-order valence-corrected chi connectivity index (χ2v) is 3.47. The number of likely N-dealkylation sites (N-methyl/N-ethyl adjacent to an activating group) is 1. The maximum atomic E-state index is 5.48. The Morgan fingerprint density at radius 3 is 2.82 bits per heavy atom. The van der Waals surface area contributed by atoms with E-state index in [0.717, 1.165) is 23.6 Å². The van der Waals surface area contributed by atoms with Crippen LogP contribution in [0.4, 0.5) is 0 Å². The molecule has 0 heterocycles. The molecule has 0 unspecified atom stereocenters. The molecule has 0 radical (unpaired) electrons. The summed E-state index contributed by atoms with van der Waals surface area (Å²) in [5, 5.41) is 3.05. The molecule has 0 saturated heterocycles. The summed E-state index contributed by atoms with van der Waals surface area (Å²) in [6.07, 6.45) is 5.80. The van der Waals surface area contributed by atoms with Crippen molar-refractivity contribution in [1.82, 2.24) is 5.32 Å². The van der Waals surface area contributed by atoms with Crippen molar-refractivity contribution < 1.29 is 9.47 Å². The largest absolute Gasteiger partial charge is 0.493 e. The number of ether oxygens (including phenoxy) is 2. The van der Waals surface area contributed by atoms with Gasteiger partial charge in [-0.1, -0.05) is 30.9 Å². The summed E-state index contributed by atoms with van der Waals surface area (Å²) in [6.45, 7) is 4.94. The zero-order valence-electron chi connectivity index (χ0n) is 10.4. The fourth-order valence-electron chi connectivity index (χ4n) is 1.37. The fraction of sp³-hybridized carbons (Fsp3) is 0.286. The van der Waals surface area contributed by atoms with Crippen molar-refractivity contribution in [2.24, 2.45) is 0 Å². The summed E-state index contributed by atoms with van der Waals surface area (Å²) < 4.78 is 10.8. The maximum absolute atomic E-state index is 5.48. The van der Waals surface area contributed by atoms with Gasteiger partial charge in [0.25, 0.3) is 0 Å². The summed E-state index contributed by atoms with van der Waals surface area (Å²) in [5.41, 5.74) is 1.09. The Kier molecular flexibility index (Phi) is 5.89. The van der Waals surface area contributed by atoms with E-state index in [1.54, 1.807) is 13.2 Å². The van der Waals surface area contributed by atoms with Crippen LogP contribution in [0.5, 0.6) is 11.5 Å². The summed E-state index contributed by atoms with van der Waals surface area (Å²) in [7, 11) is 3.55. The van der Waals surface area contributed by atoms with Crippen molar-refractivity contribution in [3.8, 4) is 11.5 Å². The molecule has 0 saturated carbocycles. The smallest absolute Gasteiger partial charge is 0.161 e. The first-order valence-corrected chi connectivity index (χ1v) is 5.54. The zero-order chi connectivity index (χ0) is 12.5. The molecule has 92 valence electrons. The van der Waals surface area contributed by atoms with Gasteiger partial charge in [0, 0.05) is 6.54 Å². The molecule has 17 heavy (non-hydrogen) atoms. The van der Waals surface area contributed by atoms with Gasteiger partial charge in [-0.3, -0.25) is 0 Å². The van der Waals surface area contributed by atoms with Gasteiger partial charge in [0.15, 0.2) is 11.5 Å². The van der Waals surface area contributed by atoms with Crippen molar-refractivity contribution in [3.63, 3.8) is 0 Å². The van der Waals surface area contributed by atoms with Gasteiger partial charge in [0.2, 0.25) is 0 Å². The molecule has 0 bridgehead atoms. The van der Waals surface area contributed by atoms with Crippen LogP contribution >= 0.6 is 0 Å². The Morgan fingerprint density at radius 1 is 1.35 bits per heavy atom. The third kappa shape index (κ3) is 4.33. The van der Waals surface area contributed by atoms with Crippen molar-refractivity contribution in [2.75, 3.05) is 27.3 Å². The number of hydrogen-bond donors (Lipinski definition) is 1. The first kappa shape index (κ1) is 13.3. The highest BCUT2D eigenvalue weighted by molar-refractivity contribution is 5.56. The van der Waals surface area contributed by atoms with Crippen LogP contribution in [-0.4, -0.2) is 27.3 Å². The third-order valence-corrected chi connectivity index (χ3v) is 2.18. The van der Waals surface area contributed by atoms with Crippen LogP contribution in [0, 0.1) is 0 Å². The summed E-state index contributed by atoms with van der Waals surface area (Å²) >= 11 is 0. The lowest BCUT2D eigenvalue weighted by Crippen LogP contribution is -2.03. The molecule has 0 fully saturated rings. The molecule has 0 aliphatic heterocycles. The van der Waals surface area contributed by atoms with Gasteiger partial charge in [0.1, 0.15) is 6.61 Å². The first-order chi connectivity index (χ1) is 8.31. The lowest BCUT2D eigenvalue weighted by atomic mass is 10.2. The Morgan fingerprint density at radius 2 is 2.18 bits per heavy atom. The van der Waals surface area contributed by atoms with Crippen LogP contribution in [0.1, 0.15) is 5.56 Å². The number of methoxy groups -OCH3 is 1. The van der Waals surface area contributed by atoms with Crippen LogP contribution in [0.2, 0.25) is 0 Å². The van der Waals surface area contributed by atoms with E-state index in [1.165, 1.54) is 0 Å². The van der Waals surface area contributed by atoms with Crippen molar-refractivity contribution >= 4 is 6.08 Å². The van der Waals surface area contributed by atoms with Crippen LogP contribution in [0.15, 0.2) is 36.9 Å². The van der Waals surface area contributed by atoms with E-state index >= 15 is 0 Å². The van der Waals surface area contributed by atoms with Gasteiger partial charge in [-0.2, -0.15) is 0 Å². The Bertz CT molecular complexity index is 386. The van der Waals surface area contributed by atoms with Gasteiger partial charge in [-0.05, 0) is 24.7 Å². The van der Waals surface area contributed by atoms with Gasteiger partial charge < -0.3 is 14.8 Å². The van der Waals surface area contributed by atoms with Gasteiger partial charge in [0.05, 0.1) is 7.11 Å². The average molecular weight is 233 g/mol. The lowest BCUT2D eigenvalue weighted by molar-refractivity contribution is 0.326. The van der Waals surface area contributed by atoms with Crippen LogP contribution in [-0.2, 0) is 0 Å². The second kappa shape index (κ2) is 7.52. The zero-order valence-corrected chi connectivity index (χ0v) is 10.4. The van der Waals surface area contributed by atoms with Crippen LogP contribution in [0.25, 0.3) is 6.08 Å². The fourth-order valence-corrected chi connectivity index (χ4v) is 1.37. The Labute approximate surface area is 103 Å². The van der Waals surface area contributed by atoms with E-state index in [4.69, 9.17) is 9.47 Å². The molecule has 0 aromatic heterocycles. The van der Waals surface area contributed by atoms with Gasteiger partial charge in [-0.15, -0.1) is 0 Å². The van der Waals surface area contributed by atoms with E-state index in [2.05, 4.69) is 18.0 Å². The number of rotatable bonds is 7.